The van der Waals surface area contributed by atoms with Crippen LogP contribution in [-0.2, 0) is 4.79 Å². The van der Waals surface area contributed by atoms with Crippen LogP contribution in [0.4, 0.5) is 0 Å². The number of amides is 1. The molecule has 3 rings (SSSR count). The first-order chi connectivity index (χ1) is 13.6. The van der Waals surface area contributed by atoms with E-state index in [1.165, 1.54) is 0 Å². The molecule has 4 heteroatoms. The lowest BCUT2D eigenvalue weighted by Gasteiger charge is -2.18. The van der Waals surface area contributed by atoms with Gasteiger partial charge in [-0.3, -0.25) is 4.79 Å². The Bertz CT molecular complexity index is 983. The third-order valence-corrected chi connectivity index (χ3v) is 4.83. The molecule has 0 saturated heterocycles. The van der Waals surface area contributed by atoms with E-state index in [-0.39, 0.29) is 11.9 Å². The minimum Gasteiger partial charge on any atom is -0.496 e. The third-order valence-electron chi connectivity index (χ3n) is 4.49. The van der Waals surface area contributed by atoms with Crippen molar-refractivity contribution >= 4 is 29.2 Å². The van der Waals surface area contributed by atoms with Crippen molar-refractivity contribution in [2.75, 3.05) is 7.11 Å². The molecule has 3 aromatic carbocycles. The normalized spacial score (nSPS) is 12.3. The molecule has 0 aliphatic carbocycles. The van der Waals surface area contributed by atoms with E-state index in [0.29, 0.717) is 10.6 Å². The zero-order chi connectivity index (χ0) is 19.9. The maximum Gasteiger partial charge on any atom is 0.252 e. The number of hydrogen-bond acceptors (Lipinski definition) is 2. The van der Waals surface area contributed by atoms with Gasteiger partial charge in [-0.25, -0.2) is 0 Å². The lowest BCUT2D eigenvalue weighted by Crippen LogP contribution is -2.27. The van der Waals surface area contributed by atoms with Gasteiger partial charge in [0.15, 0.2) is 0 Å². The molecule has 0 bridgehead atoms. The van der Waals surface area contributed by atoms with Crippen LogP contribution in [0.5, 0.6) is 5.75 Å². The molecule has 0 aliphatic rings. The number of hydrogen-bond donors (Lipinski definition) is 1. The molecule has 0 fully saturated rings. The van der Waals surface area contributed by atoms with Crippen molar-refractivity contribution in [1.82, 2.24) is 5.32 Å². The van der Waals surface area contributed by atoms with E-state index < -0.39 is 0 Å². The highest BCUT2D eigenvalue weighted by Crippen LogP contribution is 2.27. The van der Waals surface area contributed by atoms with Crippen LogP contribution in [0.1, 0.15) is 29.7 Å². The highest BCUT2D eigenvalue weighted by molar-refractivity contribution is 6.33. The van der Waals surface area contributed by atoms with Gasteiger partial charge in [-0.2, -0.15) is 0 Å². The van der Waals surface area contributed by atoms with Crippen LogP contribution in [0.25, 0.3) is 11.6 Å². The van der Waals surface area contributed by atoms with Gasteiger partial charge in [-0.1, -0.05) is 78.3 Å². The van der Waals surface area contributed by atoms with Crippen LogP contribution in [-0.4, -0.2) is 13.0 Å². The van der Waals surface area contributed by atoms with Gasteiger partial charge in [0.1, 0.15) is 5.75 Å². The van der Waals surface area contributed by atoms with Crippen LogP contribution < -0.4 is 10.1 Å². The molecule has 142 valence electrons. The Labute approximate surface area is 170 Å². The van der Waals surface area contributed by atoms with Gasteiger partial charge in [0.2, 0.25) is 0 Å². The molecule has 0 spiro atoms. The van der Waals surface area contributed by atoms with Gasteiger partial charge in [-0.15, -0.1) is 0 Å². The lowest BCUT2D eigenvalue weighted by atomic mass is 10.0. The van der Waals surface area contributed by atoms with Gasteiger partial charge >= 0.3 is 0 Å². The largest absolute Gasteiger partial charge is 0.496 e. The van der Waals surface area contributed by atoms with E-state index >= 15 is 0 Å². The summed E-state index contributed by atoms with van der Waals surface area (Å²) in [6.45, 7) is 1.94. The number of ether oxygens (including phenoxy) is 1. The van der Waals surface area contributed by atoms with Crippen molar-refractivity contribution < 1.29 is 9.53 Å². The van der Waals surface area contributed by atoms with Crippen molar-refractivity contribution in [2.24, 2.45) is 0 Å². The van der Waals surface area contributed by atoms with Crippen molar-refractivity contribution in [3.8, 4) is 5.75 Å². The molecule has 0 heterocycles. The number of para-hydroxylation sites is 1. The molecule has 0 aliphatic heterocycles. The minimum absolute atomic E-state index is 0.176. The van der Waals surface area contributed by atoms with Gasteiger partial charge in [0.25, 0.3) is 5.91 Å². The summed E-state index contributed by atoms with van der Waals surface area (Å²) >= 11 is 6.31. The number of carbonyl (C=O) groups excluding carboxylic acids is 1. The van der Waals surface area contributed by atoms with Gasteiger partial charge < -0.3 is 10.1 Å². The highest BCUT2D eigenvalue weighted by Gasteiger charge is 2.18. The molecule has 0 unspecified atom stereocenters. The summed E-state index contributed by atoms with van der Waals surface area (Å²) in [5.41, 5.74) is 3.09. The number of nitrogens with one attached hydrogen (secondary N) is 1. The fraction of sp³-hybridized carbons (Fsp3) is 0.125. The summed E-state index contributed by atoms with van der Waals surface area (Å²) in [7, 11) is 1.63. The molecule has 1 N–H and O–H groups in total. The van der Waals surface area contributed by atoms with Crippen molar-refractivity contribution in [2.45, 2.75) is 13.0 Å². The quantitative estimate of drug-likeness (QED) is 0.428. The molecule has 0 aromatic heterocycles. The predicted molar refractivity (Wildman–Crippen MR) is 115 cm³/mol. The summed E-state index contributed by atoms with van der Waals surface area (Å²) in [6.07, 6.45) is 1.82. The first-order valence-corrected chi connectivity index (χ1v) is 9.43. The molecule has 1 atom stereocenters. The Morgan fingerprint density at radius 2 is 1.61 bits per heavy atom. The molecular weight excluding hydrogens is 370 g/mol. The van der Waals surface area contributed by atoms with Gasteiger partial charge in [-0.05, 0) is 36.3 Å². The van der Waals surface area contributed by atoms with E-state index in [4.69, 9.17) is 16.3 Å². The number of carbonyl (C=O) groups is 1. The number of halogens is 1. The Hall–Kier alpha value is -3.04. The number of benzene rings is 3. The van der Waals surface area contributed by atoms with Crippen LogP contribution in [0.3, 0.4) is 0 Å². The molecule has 28 heavy (non-hydrogen) atoms. The summed E-state index contributed by atoms with van der Waals surface area (Å²) in [5.74, 6) is 0.566. The minimum atomic E-state index is -0.220. The first kappa shape index (κ1) is 19.7. The number of rotatable bonds is 6. The average Bonchev–Trinajstić information content (AvgIpc) is 2.73. The Balaban J connectivity index is 1.94. The molecular formula is C24H22ClNO2. The molecule has 1 amide bonds. The molecule has 3 aromatic rings. The SMILES string of the molecule is COc1ccccc1[C@@H](C)NC(=O)/C(=C/c1ccccc1Cl)c1ccccc1. The second-order valence-electron chi connectivity index (χ2n) is 6.38. The zero-order valence-electron chi connectivity index (χ0n) is 15.9. The second kappa shape index (κ2) is 9.25. The fourth-order valence-corrected chi connectivity index (χ4v) is 3.21. The molecule has 0 saturated carbocycles. The summed E-state index contributed by atoms with van der Waals surface area (Å²) in [4.78, 5) is 13.2. The highest BCUT2D eigenvalue weighted by atomic mass is 35.5. The Morgan fingerprint density at radius 3 is 2.32 bits per heavy atom. The van der Waals surface area contributed by atoms with Gasteiger partial charge in [0, 0.05) is 16.2 Å². The Morgan fingerprint density at radius 1 is 0.964 bits per heavy atom. The number of methoxy groups -OCH3 is 1. The third kappa shape index (κ3) is 4.62. The van der Waals surface area contributed by atoms with E-state index in [0.717, 1.165) is 22.4 Å². The van der Waals surface area contributed by atoms with Crippen molar-refractivity contribution in [3.05, 3.63) is 101 Å². The summed E-state index contributed by atoms with van der Waals surface area (Å²) < 4.78 is 5.42. The van der Waals surface area contributed by atoms with E-state index in [9.17, 15) is 4.79 Å². The standard InChI is InChI=1S/C24H22ClNO2/c1-17(20-13-7-9-15-23(20)28-2)26-24(27)21(18-10-4-3-5-11-18)16-19-12-6-8-14-22(19)25/h3-17H,1-2H3,(H,26,27)/b21-16+/t17-/m1/s1. The maximum atomic E-state index is 13.2. The first-order valence-electron chi connectivity index (χ1n) is 9.05. The van der Waals surface area contributed by atoms with E-state index in [1.54, 1.807) is 7.11 Å². The lowest BCUT2D eigenvalue weighted by molar-refractivity contribution is -0.116. The molecule has 0 radical (unpaired) electrons. The maximum absolute atomic E-state index is 13.2. The van der Waals surface area contributed by atoms with E-state index in [2.05, 4.69) is 5.32 Å². The zero-order valence-corrected chi connectivity index (χ0v) is 16.6. The molecule has 3 nitrogen and oxygen atoms in total. The smallest absolute Gasteiger partial charge is 0.252 e. The summed E-state index contributed by atoms with van der Waals surface area (Å²) in [6, 6.07) is 24.5. The van der Waals surface area contributed by atoms with Gasteiger partial charge in [0.05, 0.1) is 13.2 Å². The fourth-order valence-electron chi connectivity index (χ4n) is 3.02. The Kier molecular flexibility index (Phi) is 6.51. The van der Waals surface area contributed by atoms with Crippen LogP contribution in [0.15, 0.2) is 78.9 Å². The van der Waals surface area contributed by atoms with Crippen LogP contribution >= 0.6 is 11.6 Å². The van der Waals surface area contributed by atoms with Crippen LogP contribution in [0, 0.1) is 0 Å². The van der Waals surface area contributed by atoms with Crippen molar-refractivity contribution in [3.63, 3.8) is 0 Å². The van der Waals surface area contributed by atoms with Crippen molar-refractivity contribution in [1.29, 1.82) is 0 Å². The second-order valence-corrected chi connectivity index (χ2v) is 6.79. The average molecular weight is 392 g/mol. The predicted octanol–water partition coefficient (Wildman–Crippen LogP) is 5.77. The van der Waals surface area contributed by atoms with E-state index in [1.807, 2.05) is 91.9 Å². The van der Waals surface area contributed by atoms with Crippen LogP contribution in [0.2, 0.25) is 5.02 Å². The topological polar surface area (TPSA) is 38.3 Å². The monoisotopic (exact) mass is 391 g/mol. The summed E-state index contributed by atoms with van der Waals surface area (Å²) in [5, 5.41) is 3.68.